The number of rotatable bonds is 10. The van der Waals surface area contributed by atoms with Crippen LogP contribution in [0.5, 0.6) is 0 Å². The van der Waals surface area contributed by atoms with Crippen molar-refractivity contribution in [1.82, 2.24) is 0 Å². The number of esters is 1. The molecule has 1 aromatic rings. The lowest BCUT2D eigenvalue weighted by Crippen LogP contribution is -2.35. The van der Waals surface area contributed by atoms with E-state index >= 15 is 0 Å². The van der Waals surface area contributed by atoms with Crippen molar-refractivity contribution in [3.05, 3.63) is 72.9 Å². The number of nitro groups is 1. The van der Waals surface area contributed by atoms with Crippen molar-refractivity contribution in [2.75, 3.05) is 6.61 Å². The van der Waals surface area contributed by atoms with E-state index in [2.05, 4.69) is 66.5 Å². The second-order valence-electron chi connectivity index (χ2n) is 9.30. The Bertz CT molecular complexity index is 935. The summed E-state index contributed by atoms with van der Waals surface area (Å²) in [4.78, 5) is 22.6. The Morgan fingerprint density at radius 1 is 1.27 bits per heavy atom. The summed E-state index contributed by atoms with van der Waals surface area (Å²) in [5.74, 6) is -0.258. The van der Waals surface area contributed by atoms with Crippen molar-refractivity contribution < 1.29 is 19.6 Å². The van der Waals surface area contributed by atoms with Crippen LogP contribution in [0, 0.1) is 21.4 Å². The van der Waals surface area contributed by atoms with Gasteiger partial charge in [0.2, 0.25) is 0 Å². The molecule has 0 aliphatic heterocycles. The van der Waals surface area contributed by atoms with Crippen molar-refractivity contribution in [1.29, 1.82) is 0 Å². The topological polar surface area (TPSA) is 89.7 Å². The van der Waals surface area contributed by atoms with E-state index in [4.69, 9.17) is 4.74 Å². The van der Waals surface area contributed by atoms with E-state index in [1.807, 2.05) is 0 Å². The highest BCUT2D eigenvalue weighted by Crippen LogP contribution is 2.43. The highest BCUT2D eigenvalue weighted by Gasteiger charge is 2.36. The number of carbonyl (C=O) groups excluding carboxylic acids is 1. The molecule has 180 valence electrons. The molecule has 0 heterocycles. The van der Waals surface area contributed by atoms with Crippen LogP contribution >= 0.6 is 22.6 Å². The number of halogens is 1. The number of aliphatic hydroxyl groups is 1. The first kappa shape index (κ1) is 27.2. The maximum atomic E-state index is 12.4. The second kappa shape index (κ2) is 12.5. The van der Waals surface area contributed by atoms with E-state index < -0.39 is 17.0 Å². The third-order valence-electron chi connectivity index (χ3n) is 6.61. The third-order valence-corrected chi connectivity index (χ3v) is 7.67. The molecule has 0 saturated carbocycles. The molecule has 0 saturated heterocycles. The number of non-ortho nitro benzene ring substituents is 1. The molecule has 33 heavy (non-hydrogen) atoms. The van der Waals surface area contributed by atoms with Crippen LogP contribution in [0.3, 0.4) is 0 Å². The molecule has 1 aliphatic rings. The van der Waals surface area contributed by atoms with Crippen LogP contribution < -0.4 is 0 Å². The summed E-state index contributed by atoms with van der Waals surface area (Å²) >= 11 is 2.28. The van der Waals surface area contributed by atoms with Gasteiger partial charge >= 0.3 is 5.97 Å². The van der Waals surface area contributed by atoms with Crippen molar-refractivity contribution in [2.24, 2.45) is 11.3 Å². The van der Waals surface area contributed by atoms with Gasteiger partial charge in [-0.15, -0.1) is 0 Å². The first-order chi connectivity index (χ1) is 15.6. The predicted octanol–water partition coefficient (Wildman–Crippen LogP) is 6.93. The number of allylic oxidation sites excluding steroid dienone is 4. The van der Waals surface area contributed by atoms with Gasteiger partial charge in [-0.1, -0.05) is 59.7 Å². The normalized spacial score (nSPS) is 23.8. The molecule has 0 unspecified atom stereocenters. The fraction of sp³-hybridized carbons (Fsp3) is 0.500. The van der Waals surface area contributed by atoms with E-state index in [0.717, 1.165) is 31.3 Å². The molecule has 0 spiro atoms. The van der Waals surface area contributed by atoms with Crippen molar-refractivity contribution in [3.63, 3.8) is 0 Å². The van der Waals surface area contributed by atoms with Crippen LogP contribution in [0.15, 0.2) is 57.2 Å². The first-order valence-electron chi connectivity index (χ1n) is 11.3. The van der Waals surface area contributed by atoms with E-state index in [0.29, 0.717) is 12.3 Å². The van der Waals surface area contributed by atoms with Crippen LogP contribution in [0.4, 0.5) is 5.69 Å². The molecule has 0 amide bonds. The SMILES string of the molecule is C/C(=C\I)CC/C=C(\C)CC[C@@]1(C)C=C(COC(=O)c2ccc([N+](=O)[O-])cc2)[C@@H](O)C[C@H]1C. The standard InChI is InChI=1S/C26H34INO5/c1-18(6-5-7-19(2)16-27)12-13-26(4)15-22(24(29)14-20(26)3)17-33-25(30)21-8-10-23(11-9-21)28(31)32/h6,8-11,15-16,20,24,29H,5,7,12-14,17H2,1-4H3/b18-6+,19-16+/t20-,24+,26+/m1/s1. The number of ether oxygens (including phenoxy) is 1. The van der Waals surface area contributed by atoms with Crippen molar-refractivity contribution in [3.8, 4) is 0 Å². The van der Waals surface area contributed by atoms with Gasteiger partial charge in [-0.3, -0.25) is 10.1 Å². The number of carbonyl (C=O) groups is 1. The van der Waals surface area contributed by atoms with E-state index in [1.165, 1.54) is 35.4 Å². The Hall–Kier alpha value is -2.00. The molecule has 3 atom stereocenters. The maximum absolute atomic E-state index is 12.4. The Morgan fingerprint density at radius 3 is 2.55 bits per heavy atom. The second-order valence-corrected chi connectivity index (χ2v) is 9.93. The van der Waals surface area contributed by atoms with Gasteiger partial charge < -0.3 is 9.84 Å². The number of aliphatic hydroxyl groups excluding tert-OH is 1. The lowest BCUT2D eigenvalue weighted by molar-refractivity contribution is -0.384. The number of hydrogen-bond donors (Lipinski definition) is 1. The molecule has 1 aromatic carbocycles. The zero-order chi connectivity index (χ0) is 24.6. The Kier molecular flexibility index (Phi) is 10.3. The van der Waals surface area contributed by atoms with E-state index in [9.17, 15) is 20.0 Å². The van der Waals surface area contributed by atoms with Crippen LogP contribution in [0.2, 0.25) is 0 Å². The zero-order valence-corrected chi connectivity index (χ0v) is 22.0. The fourth-order valence-corrected chi connectivity index (χ4v) is 4.31. The number of hydrogen-bond acceptors (Lipinski definition) is 5. The van der Waals surface area contributed by atoms with Crippen LogP contribution in [-0.4, -0.2) is 28.7 Å². The largest absolute Gasteiger partial charge is 0.457 e. The lowest BCUT2D eigenvalue weighted by atomic mass is 9.67. The summed E-state index contributed by atoms with van der Waals surface area (Å²) in [6.07, 6.45) is 8.45. The number of benzene rings is 1. The zero-order valence-electron chi connectivity index (χ0n) is 19.8. The third kappa shape index (κ3) is 8.07. The van der Waals surface area contributed by atoms with Crippen LogP contribution in [0.1, 0.15) is 70.2 Å². The summed E-state index contributed by atoms with van der Waals surface area (Å²) in [5, 5.41) is 21.3. The van der Waals surface area contributed by atoms with Crippen molar-refractivity contribution in [2.45, 2.75) is 65.9 Å². The summed E-state index contributed by atoms with van der Waals surface area (Å²) in [6.45, 7) is 8.69. The molecule has 0 radical (unpaired) electrons. The Morgan fingerprint density at radius 2 is 1.94 bits per heavy atom. The molecule has 0 fully saturated rings. The average molecular weight is 567 g/mol. The maximum Gasteiger partial charge on any atom is 0.338 e. The minimum atomic E-state index is -0.641. The summed E-state index contributed by atoms with van der Waals surface area (Å²) in [5.41, 5.74) is 3.54. The fourth-order valence-electron chi connectivity index (χ4n) is 3.99. The van der Waals surface area contributed by atoms with Gasteiger partial charge in [0.15, 0.2) is 0 Å². The Labute approximate surface area is 210 Å². The Balaban J connectivity index is 2.00. The molecule has 0 aromatic heterocycles. The van der Waals surface area contributed by atoms with Crippen molar-refractivity contribution >= 4 is 34.2 Å². The summed E-state index contributed by atoms with van der Waals surface area (Å²) < 4.78 is 7.55. The average Bonchev–Trinajstić information content (AvgIpc) is 2.79. The van der Waals surface area contributed by atoms with Gasteiger partial charge in [0.05, 0.1) is 16.6 Å². The van der Waals surface area contributed by atoms with Gasteiger partial charge in [-0.05, 0) is 79.1 Å². The highest BCUT2D eigenvalue weighted by molar-refractivity contribution is 14.1. The van der Waals surface area contributed by atoms with Gasteiger partial charge in [-0.25, -0.2) is 4.79 Å². The smallest absolute Gasteiger partial charge is 0.338 e. The van der Waals surface area contributed by atoms with E-state index in [-0.39, 0.29) is 23.3 Å². The van der Waals surface area contributed by atoms with Gasteiger partial charge in [0.25, 0.3) is 5.69 Å². The van der Waals surface area contributed by atoms with Crippen LogP contribution in [-0.2, 0) is 4.74 Å². The molecular weight excluding hydrogens is 533 g/mol. The summed E-state index contributed by atoms with van der Waals surface area (Å²) in [6, 6.07) is 5.31. The monoisotopic (exact) mass is 567 g/mol. The number of nitrogens with zero attached hydrogens (tertiary/aromatic N) is 1. The quantitative estimate of drug-likeness (QED) is 0.109. The van der Waals surface area contributed by atoms with E-state index in [1.54, 1.807) is 0 Å². The molecule has 1 N–H and O–H groups in total. The lowest BCUT2D eigenvalue weighted by Gasteiger charge is -2.40. The summed E-state index contributed by atoms with van der Waals surface area (Å²) in [7, 11) is 0. The molecule has 1 aliphatic carbocycles. The molecule has 2 rings (SSSR count). The molecule has 7 heteroatoms. The van der Waals surface area contributed by atoms with Crippen LogP contribution in [0.25, 0.3) is 0 Å². The minimum absolute atomic E-state index is 0.00995. The van der Waals surface area contributed by atoms with Gasteiger partial charge in [0.1, 0.15) is 6.61 Å². The highest BCUT2D eigenvalue weighted by atomic mass is 127. The number of nitro benzene ring substituents is 1. The predicted molar refractivity (Wildman–Crippen MR) is 139 cm³/mol. The molecule has 0 bridgehead atoms. The van der Waals surface area contributed by atoms with Gasteiger partial charge in [0, 0.05) is 12.1 Å². The minimum Gasteiger partial charge on any atom is -0.457 e. The molecular formula is C26H34INO5. The van der Waals surface area contributed by atoms with Gasteiger partial charge in [-0.2, -0.15) is 0 Å². The molecule has 6 nitrogen and oxygen atoms in total. The first-order valence-corrected chi connectivity index (χ1v) is 12.5.